The van der Waals surface area contributed by atoms with Crippen molar-refractivity contribution in [1.82, 2.24) is 14.9 Å². The lowest BCUT2D eigenvalue weighted by molar-refractivity contribution is 0.355. The highest BCUT2D eigenvalue weighted by Crippen LogP contribution is 2.31. The minimum Gasteiger partial charge on any atom is -0.493 e. The van der Waals surface area contributed by atoms with Crippen LogP contribution < -0.4 is 9.47 Å². The van der Waals surface area contributed by atoms with Crippen molar-refractivity contribution in [3.8, 4) is 22.9 Å². The van der Waals surface area contributed by atoms with E-state index in [2.05, 4.69) is 15.3 Å². The van der Waals surface area contributed by atoms with Gasteiger partial charge in [-0.3, -0.25) is 0 Å². The van der Waals surface area contributed by atoms with Gasteiger partial charge in [-0.05, 0) is 48.5 Å². The van der Waals surface area contributed by atoms with Crippen molar-refractivity contribution in [2.75, 3.05) is 14.2 Å². The van der Waals surface area contributed by atoms with Gasteiger partial charge in [0.2, 0.25) is 4.77 Å². The second-order valence-corrected chi connectivity index (χ2v) is 6.16. The van der Waals surface area contributed by atoms with Gasteiger partial charge >= 0.3 is 0 Å². The molecule has 138 valence electrons. The first-order valence-corrected chi connectivity index (χ1v) is 8.70. The van der Waals surface area contributed by atoms with Crippen LogP contribution >= 0.6 is 12.2 Å². The number of rotatable bonds is 6. The average molecular weight is 380 g/mol. The summed E-state index contributed by atoms with van der Waals surface area (Å²) in [7, 11) is 3.19. The molecule has 2 aromatic carbocycles. The summed E-state index contributed by atoms with van der Waals surface area (Å²) in [6.45, 7) is 1.98. The highest BCUT2D eigenvalue weighted by Gasteiger charge is 2.12. The van der Waals surface area contributed by atoms with E-state index in [1.165, 1.54) is 0 Å². The van der Waals surface area contributed by atoms with E-state index in [9.17, 15) is 0 Å². The van der Waals surface area contributed by atoms with Crippen LogP contribution in [0.15, 0.2) is 59.2 Å². The van der Waals surface area contributed by atoms with Gasteiger partial charge < -0.3 is 9.47 Å². The normalized spacial score (nSPS) is 11.7. The van der Waals surface area contributed by atoms with E-state index >= 15 is 0 Å². The fourth-order valence-electron chi connectivity index (χ4n) is 2.56. The van der Waals surface area contributed by atoms with Crippen molar-refractivity contribution in [3.63, 3.8) is 0 Å². The molecular weight excluding hydrogens is 360 g/mol. The zero-order chi connectivity index (χ0) is 19.2. The third-order valence-electron chi connectivity index (χ3n) is 3.86. The van der Waals surface area contributed by atoms with Crippen LogP contribution in [-0.2, 0) is 0 Å². The molecule has 27 heavy (non-hydrogen) atoms. The van der Waals surface area contributed by atoms with Crippen molar-refractivity contribution < 1.29 is 9.47 Å². The maximum atomic E-state index is 5.36. The number of nitrogens with one attached hydrogen (secondary N) is 1. The zero-order valence-corrected chi connectivity index (χ0v) is 16.2. The number of benzene rings is 2. The predicted molar refractivity (Wildman–Crippen MR) is 110 cm³/mol. The van der Waals surface area contributed by atoms with Crippen LogP contribution in [0, 0.1) is 4.77 Å². The summed E-state index contributed by atoms with van der Waals surface area (Å²) in [4.78, 5) is 0. The number of aromatic amines is 1. The van der Waals surface area contributed by atoms with E-state index < -0.39 is 0 Å². The minimum atomic E-state index is 0.406. The van der Waals surface area contributed by atoms with Crippen LogP contribution in [0.25, 0.3) is 17.5 Å². The van der Waals surface area contributed by atoms with Gasteiger partial charge in [-0.1, -0.05) is 36.4 Å². The molecular formula is C20H20N4O2S. The molecule has 0 radical (unpaired) electrons. The molecule has 7 heteroatoms. The van der Waals surface area contributed by atoms with Crippen LogP contribution in [-0.4, -0.2) is 35.3 Å². The Hall–Kier alpha value is -3.19. The van der Waals surface area contributed by atoms with E-state index in [1.54, 1.807) is 25.1 Å². The summed E-state index contributed by atoms with van der Waals surface area (Å²) in [5, 5.41) is 11.6. The highest BCUT2D eigenvalue weighted by molar-refractivity contribution is 7.71. The first kappa shape index (κ1) is 18.6. The van der Waals surface area contributed by atoms with E-state index in [1.807, 2.05) is 61.5 Å². The molecule has 3 rings (SSSR count). The third-order valence-corrected chi connectivity index (χ3v) is 4.13. The Balaban J connectivity index is 1.94. The molecule has 0 amide bonds. The third kappa shape index (κ3) is 4.32. The van der Waals surface area contributed by atoms with Crippen molar-refractivity contribution in [3.05, 3.63) is 64.4 Å². The average Bonchev–Trinajstić information content (AvgIpc) is 3.07. The van der Waals surface area contributed by atoms with Crippen LogP contribution in [0.2, 0.25) is 0 Å². The SMILES string of the molecule is COc1ccc(-c2n[nH]c(=S)n2/N=C/C(C)=C/c2ccccc2)cc1OC. The van der Waals surface area contributed by atoms with Gasteiger partial charge in [-0.25, -0.2) is 5.10 Å². The number of aromatic nitrogens is 3. The molecule has 0 fully saturated rings. The molecule has 6 nitrogen and oxygen atoms in total. The van der Waals surface area contributed by atoms with Crippen molar-refractivity contribution in [1.29, 1.82) is 0 Å². The number of hydrogen-bond donors (Lipinski definition) is 1. The Morgan fingerprint density at radius 3 is 2.56 bits per heavy atom. The zero-order valence-electron chi connectivity index (χ0n) is 15.3. The van der Waals surface area contributed by atoms with Gasteiger partial charge in [0.25, 0.3) is 0 Å². The van der Waals surface area contributed by atoms with Gasteiger partial charge in [0.05, 0.1) is 20.4 Å². The molecule has 0 atom stereocenters. The molecule has 1 aromatic heterocycles. The predicted octanol–water partition coefficient (Wildman–Crippen LogP) is 4.56. The van der Waals surface area contributed by atoms with Crippen molar-refractivity contribution in [2.45, 2.75) is 6.92 Å². The Morgan fingerprint density at radius 2 is 1.85 bits per heavy atom. The molecule has 0 spiro atoms. The Morgan fingerprint density at radius 1 is 1.11 bits per heavy atom. The van der Waals surface area contributed by atoms with Crippen molar-refractivity contribution in [2.24, 2.45) is 5.10 Å². The van der Waals surface area contributed by atoms with Gasteiger partial charge in [-0.15, -0.1) is 0 Å². The molecule has 0 aliphatic rings. The molecule has 1 N–H and O–H groups in total. The molecule has 0 saturated heterocycles. The summed E-state index contributed by atoms with van der Waals surface area (Å²) in [5.74, 6) is 1.84. The topological polar surface area (TPSA) is 64.4 Å². The van der Waals surface area contributed by atoms with Crippen LogP contribution in [0.3, 0.4) is 0 Å². The first-order valence-electron chi connectivity index (χ1n) is 8.30. The van der Waals surface area contributed by atoms with Crippen LogP contribution in [0.4, 0.5) is 0 Å². The maximum Gasteiger partial charge on any atom is 0.216 e. The largest absolute Gasteiger partial charge is 0.493 e. The second kappa shape index (κ2) is 8.46. The van der Waals surface area contributed by atoms with Gasteiger partial charge in [0.15, 0.2) is 17.3 Å². The molecule has 0 saturated carbocycles. The highest BCUT2D eigenvalue weighted by atomic mass is 32.1. The summed E-state index contributed by atoms with van der Waals surface area (Å²) in [6, 6.07) is 15.6. The fourth-order valence-corrected chi connectivity index (χ4v) is 2.74. The van der Waals surface area contributed by atoms with Gasteiger partial charge in [0, 0.05) is 5.56 Å². The minimum absolute atomic E-state index is 0.406. The number of ether oxygens (including phenoxy) is 2. The summed E-state index contributed by atoms with van der Waals surface area (Å²) in [6.07, 6.45) is 3.80. The molecule has 0 aliphatic carbocycles. The van der Waals surface area contributed by atoms with Crippen molar-refractivity contribution >= 4 is 24.5 Å². The Kier molecular flexibility index (Phi) is 5.83. The van der Waals surface area contributed by atoms with E-state index in [-0.39, 0.29) is 0 Å². The second-order valence-electron chi connectivity index (χ2n) is 5.78. The van der Waals surface area contributed by atoms with E-state index in [0.29, 0.717) is 22.1 Å². The van der Waals surface area contributed by atoms with Gasteiger partial charge in [-0.2, -0.15) is 14.9 Å². The number of methoxy groups -OCH3 is 2. The Bertz CT molecular complexity index is 1040. The molecule has 0 bridgehead atoms. The van der Waals surface area contributed by atoms with Crippen LogP contribution in [0.1, 0.15) is 12.5 Å². The first-order chi connectivity index (χ1) is 13.1. The lowest BCUT2D eigenvalue weighted by Gasteiger charge is -2.09. The number of allylic oxidation sites excluding steroid dienone is 1. The molecule has 0 unspecified atom stereocenters. The van der Waals surface area contributed by atoms with Gasteiger partial charge in [0.1, 0.15) is 0 Å². The molecule has 3 aromatic rings. The Labute approximate surface area is 162 Å². The summed E-state index contributed by atoms with van der Waals surface area (Å²) < 4.78 is 12.6. The fraction of sp³-hybridized carbons (Fsp3) is 0.150. The number of hydrogen-bond acceptors (Lipinski definition) is 5. The quantitative estimate of drug-likeness (QED) is 0.503. The van der Waals surface area contributed by atoms with E-state index in [4.69, 9.17) is 21.7 Å². The number of nitrogens with zero attached hydrogens (tertiary/aromatic N) is 3. The monoisotopic (exact) mass is 380 g/mol. The number of H-pyrrole nitrogens is 1. The summed E-state index contributed by atoms with van der Waals surface area (Å²) >= 11 is 5.32. The lowest BCUT2D eigenvalue weighted by Crippen LogP contribution is -1.96. The standard InChI is InChI=1S/C20H20N4O2S/c1-14(11-15-7-5-4-6-8-15)13-21-24-19(22-23-20(24)27)16-9-10-17(25-2)18(12-16)26-3/h4-13H,1-3H3,(H,23,27)/b14-11+,21-13+. The van der Waals surface area contributed by atoms with E-state index in [0.717, 1.165) is 16.7 Å². The molecule has 0 aliphatic heterocycles. The molecule has 1 heterocycles. The smallest absolute Gasteiger partial charge is 0.216 e. The lowest BCUT2D eigenvalue weighted by atomic mass is 10.1. The maximum absolute atomic E-state index is 5.36. The summed E-state index contributed by atoms with van der Waals surface area (Å²) in [5.41, 5.74) is 2.90. The van der Waals surface area contributed by atoms with Crippen LogP contribution in [0.5, 0.6) is 11.5 Å².